The van der Waals surface area contributed by atoms with Gasteiger partial charge in [-0.2, -0.15) is 0 Å². The number of aliphatic hydroxyl groups excluding tert-OH is 1. The molecule has 0 aromatic heterocycles. The van der Waals surface area contributed by atoms with Gasteiger partial charge in [0.05, 0.1) is 13.2 Å². The molecule has 0 aliphatic carbocycles. The fourth-order valence-corrected chi connectivity index (χ4v) is 2.38. The van der Waals surface area contributed by atoms with E-state index in [9.17, 15) is 4.79 Å². The summed E-state index contributed by atoms with van der Waals surface area (Å²) < 4.78 is 5.15. The summed E-state index contributed by atoms with van der Waals surface area (Å²) in [5, 5.41) is 14.8. The van der Waals surface area contributed by atoms with E-state index < -0.39 is 0 Å². The maximum Gasteiger partial charge on any atom is 0.251 e. The van der Waals surface area contributed by atoms with Crippen molar-refractivity contribution in [2.24, 2.45) is 0 Å². The molecule has 0 saturated carbocycles. The number of hydrogen-bond donors (Lipinski definition) is 3. The zero-order chi connectivity index (χ0) is 14.2. The lowest BCUT2D eigenvalue weighted by Gasteiger charge is -2.19. The number of nitrogens with one attached hydrogen (secondary N) is 2. The van der Waals surface area contributed by atoms with E-state index in [2.05, 4.69) is 16.7 Å². The van der Waals surface area contributed by atoms with E-state index in [-0.39, 0.29) is 12.5 Å². The molecule has 0 radical (unpaired) electrons. The van der Waals surface area contributed by atoms with E-state index >= 15 is 0 Å². The molecule has 1 aliphatic rings. The van der Waals surface area contributed by atoms with Crippen LogP contribution in [0.15, 0.2) is 18.2 Å². The van der Waals surface area contributed by atoms with Crippen molar-refractivity contribution in [3.63, 3.8) is 0 Å². The molecule has 1 aromatic carbocycles. The predicted molar refractivity (Wildman–Crippen MR) is 76.7 cm³/mol. The van der Waals surface area contributed by atoms with Gasteiger partial charge < -0.3 is 20.5 Å². The minimum absolute atomic E-state index is 0.00842. The zero-order valence-corrected chi connectivity index (χ0v) is 11.7. The minimum Gasteiger partial charge on any atom is -0.394 e. The zero-order valence-electron chi connectivity index (χ0n) is 11.7. The van der Waals surface area contributed by atoms with Crippen LogP contribution in [-0.4, -0.2) is 43.9 Å². The molecule has 1 aliphatic heterocycles. The Kier molecular flexibility index (Phi) is 5.98. The van der Waals surface area contributed by atoms with Crippen LogP contribution in [0.25, 0.3) is 0 Å². The molecule has 0 atom stereocenters. The van der Waals surface area contributed by atoms with Gasteiger partial charge in [-0.15, -0.1) is 0 Å². The van der Waals surface area contributed by atoms with Crippen LogP contribution in [0.3, 0.4) is 0 Å². The van der Waals surface area contributed by atoms with Crippen molar-refractivity contribution < 1.29 is 14.6 Å². The summed E-state index contributed by atoms with van der Waals surface area (Å²) in [6, 6.07) is 5.90. The lowest BCUT2D eigenvalue weighted by Crippen LogP contribution is -2.30. The van der Waals surface area contributed by atoms with Gasteiger partial charge in [-0.25, -0.2) is 0 Å². The molecule has 0 fully saturated rings. The third-order valence-electron chi connectivity index (χ3n) is 3.37. The summed E-state index contributed by atoms with van der Waals surface area (Å²) in [6.07, 6.45) is 1.65. The molecule has 1 amide bonds. The predicted octanol–water partition coefficient (Wildman–Crippen LogP) is 0.461. The van der Waals surface area contributed by atoms with Gasteiger partial charge in [0.25, 0.3) is 5.91 Å². The maximum absolute atomic E-state index is 12.2. The van der Waals surface area contributed by atoms with Crippen LogP contribution < -0.4 is 10.6 Å². The molecular formula is C15H22N2O3. The Labute approximate surface area is 119 Å². The van der Waals surface area contributed by atoms with E-state index in [0.717, 1.165) is 31.5 Å². The van der Waals surface area contributed by atoms with Crippen LogP contribution in [-0.2, 0) is 17.7 Å². The van der Waals surface area contributed by atoms with Crippen LogP contribution in [0.5, 0.6) is 0 Å². The average Bonchev–Trinajstić information content (AvgIpc) is 2.50. The normalized spacial score (nSPS) is 13.8. The van der Waals surface area contributed by atoms with Gasteiger partial charge in [0.2, 0.25) is 0 Å². The highest BCUT2D eigenvalue weighted by atomic mass is 16.5. The third kappa shape index (κ3) is 4.03. The molecule has 0 spiro atoms. The summed E-state index contributed by atoms with van der Waals surface area (Å²) >= 11 is 0. The fourth-order valence-electron chi connectivity index (χ4n) is 2.38. The van der Waals surface area contributed by atoms with Gasteiger partial charge in [-0.1, -0.05) is 12.1 Å². The smallest absolute Gasteiger partial charge is 0.251 e. The first-order valence-electron chi connectivity index (χ1n) is 7.11. The Bertz CT molecular complexity index is 449. The molecular weight excluding hydrogens is 256 g/mol. The van der Waals surface area contributed by atoms with E-state index in [1.165, 1.54) is 11.1 Å². The van der Waals surface area contributed by atoms with E-state index in [1.54, 1.807) is 0 Å². The Morgan fingerprint density at radius 2 is 2.30 bits per heavy atom. The first-order chi connectivity index (χ1) is 9.83. The lowest BCUT2D eigenvalue weighted by molar-refractivity contribution is 0.0867. The summed E-state index contributed by atoms with van der Waals surface area (Å²) in [7, 11) is 0. The Morgan fingerprint density at radius 3 is 3.15 bits per heavy atom. The molecule has 3 N–H and O–H groups in total. The maximum atomic E-state index is 12.2. The topological polar surface area (TPSA) is 70.6 Å². The molecule has 1 aromatic rings. The number of hydrogen-bond acceptors (Lipinski definition) is 4. The van der Waals surface area contributed by atoms with Crippen molar-refractivity contribution in [1.82, 2.24) is 10.6 Å². The van der Waals surface area contributed by atoms with Crippen LogP contribution in [0, 0.1) is 0 Å². The van der Waals surface area contributed by atoms with Crippen molar-refractivity contribution in [3.05, 3.63) is 34.9 Å². The Morgan fingerprint density at radius 1 is 1.40 bits per heavy atom. The molecule has 20 heavy (non-hydrogen) atoms. The molecule has 2 rings (SSSR count). The Hall–Kier alpha value is -1.43. The number of carbonyl (C=O) groups excluding carboxylic acids is 1. The van der Waals surface area contributed by atoms with Gasteiger partial charge in [0, 0.05) is 25.3 Å². The lowest BCUT2D eigenvalue weighted by atomic mass is 9.95. The summed E-state index contributed by atoms with van der Waals surface area (Å²) in [5.74, 6) is -0.00842. The second kappa shape index (κ2) is 7.99. The molecule has 5 heteroatoms. The summed E-state index contributed by atoms with van der Waals surface area (Å²) in [4.78, 5) is 12.2. The van der Waals surface area contributed by atoms with Gasteiger partial charge in [0.1, 0.15) is 0 Å². The van der Waals surface area contributed by atoms with Crippen molar-refractivity contribution in [2.45, 2.75) is 19.4 Å². The molecule has 0 saturated heterocycles. The number of amides is 1. The standard InChI is InChI=1S/C15H22N2O3/c18-8-10-20-9-2-6-17-15(19)14-4-1-3-12-11-16-7-5-13(12)14/h1,3-4,16,18H,2,5-11H2,(H,17,19). The summed E-state index contributed by atoms with van der Waals surface area (Å²) in [5.41, 5.74) is 3.18. The first-order valence-corrected chi connectivity index (χ1v) is 7.11. The quantitative estimate of drug-likeness (QED) is 0.634. The molecule has 5 nitrogen and oxygen atoms in total. The largest absolute Gasteiger partial charge is 0.394 e. The molecule has 0 bridgehead atoms. The average molecular weight is 278 g/mol. The number of aliphatic hydroxyl groups is 1. The third-order valence-corrected chi connectivity index (χ3v) is 3.37. The second-order valence-electron chi connectivity index (χ2n) is 4.82. The van der Waals surface area contributed by atoms with Gasteiger partial charge >= 0.3 is 0 Å². The number of rotatable bonds is 7. The number of fused-ring (bicyclic) bond motifs is 1. The van der Waals surface area contributed by atoms with Crippen molar-refractivity contribution in [2.75, 3.05) is 32.9 Å². The van der Waals surface area contributed by atoms with Crippen molar-refractivity contribution in [3.8, 4) is 0 Å². The molecule has 1 heterocycles. The van der Waals surface area contributed by atoms with Crippen LogP contribution in [0.2, 0.25) is 0 Å². The summed E-state index contributed by atoms with van der Waals surface area (Å²) in [6.45, 7) is 3.30. The molecule has 110 valence electrons. The van der Waals surface area contributed by atoms with Gasteiger partial charge in [-0.3, -0.25) is 4.79 Å². The monoisotopic (exact) mass is 278 g/mol. The van der Waals surface area contributed by atoms with Crippen molar-refractivity contribution >= 4 is 5.91 Å². The van der Waals surface area contributed by atoms with E-state index in [4.69, 9.17) is 9.84 Å². The number of ether oxygens (including phenoxy) is 1. The van der Waals surface area contributed by atoms with Crippen LogP contribution in [0.1, 0.15) is 27.9 Å². The van der Waals surface area contributed by atoms with Gasteiger partial charge in [-0.05, 0) is 36.6 Å². The fraction of sp³-hybridized carbons (Fsp3) is 0.533. The SMILES string of the molecule is O=C(NCCCOCCO)c1cccc2c1CCNC2. The van der Waals surface area contributed by atoms with Crippen molar-refractivity contribution in [1.29, 1.82) is 0 Å². The van der Waals surface area contributed by atoms with Crippen LogP contribution >= 0.6 is 0 Å². The minimum atomic E-state index is -0.00842. The second-order valence-corrected chi connectivity index (χ2v) is 4.82. The van der Waals surface area contributed by atoms with E-state index in [0.29, 0.717) is 19.8 Å². The Balaban J connectivity index is 1.83. The highest BCUT2D eigenvalue weighted by molar-refractivity contribution is 5.96. The first kappa shape index (κ1) is 15.0. The number of benzene rings is 1. The highest BCUT2D eigenvalue weighted by Crippen LogP contribution is 2.18. The van der Waals surface area contributed by atoms with Gasteiger partial charge in [0.15, 0.2) is 0 Å². The highest BCUT2D eigenvalue weighted by Gasteiger charge is 2.16. The van der Waals surface area contributed by atoms with Crippen LogP contribution in [0.4, 0.5) is 0 Å². The molecule has 0 unspecified atom stereocenters. The van der Waals surface area contributed by atoms with E-state index in [1.807, 2.05) is 12.1 Å². The number of carbonyl (C=O) groups is 1.